The summed E-state index contributed by atoms with van der Waals surface area (Å²) in [4.78, 5) is 18.3. The lowest BCUT2D eigenvalue weighted by molar-refractivity contribution is -0.138. The minimum absolute atomic E-state index is 0.0191. The Kier molecular flexibility index (Phi) is 6.88. The van der Waals surface area contributed by atoms with Gasteiger partial charge in [-0.05, 0) is 17.7 Å². The van der Waals surface area contributed by atoms with Gasteiger partial charge in [0.25, 0.3) is 0 Å². The molecule has 1 saturated heterocycles. The van der Waals surface area contributed by atoms with Crippen molar-refractivity contribution in [3.05, 3.63) is 41.0 Å². The molecule has 170 valence electrons. The van der Waals surface area contributed by atoms with Gasteiger partial charge in [0.1, 0.15) is 0 Å². The Balaban J connectivity index is 1.60. The third kappa shape index (κ3) is 6.19. The molecule has 0 saturated carbocycles. The van der Waals surface area contributed by atoms with E-state index in [9.17, 15) is 18.0 Å². The van der Waals surface area contributed by atoms with Gasteiger partial charge in [0.05, 0.1) is 18.8 Å². The molecule has 1 aliphatic heterocycles. The largest absolute Gasteiger partial charge is 0.416 e. The SMILES string of the molecule is CC(C)(C)c1noc(CCC(=O)NCc2ccc(N3CCOCC3)cc2C(F)(F)F)n1. The van der Waals surface area contributed by atoms with E-state index >= 15 is 0 Å². The molecule has 1 amide bonds. The number of rotatable bonds is 6. The summed E-state index contributed by atoms with van der Waals surface area (Å²) in [7, 11) is 0. The van der Waals surface area contributed by atoms with Crippen LogP contribution < -0.4 is 10.2 Å². The van der Waals surface area contributed by atoms with Crippen molar-refractivity contribution in [2.24, 2.45) is 0 Å². The number of carbonyl (C=O) groups excluding carboxylic acids is 1. The van der Waals surface area contributed by atoms with Crippen LogP contribution in [0.1, 0.15) is 50.0 Å². The summed E-state index contributed by atoms with van der Waals surface area (Å²) in [6.45, 7) is 7.66. The number of carbonyl (C=O) groups is 1. The molecule has 2 aromatic rings. The molecular formula is C21H27F3N4O3. The fourth-order valence-electron chi connectivity index (χ4n) is 3.16. The lowest BCUT2D eigenvalue weighted by Crippen LogP contribution is -2.36. The van der Waals surface area contributed by atoms with Crippen molar-refractivity contribution in [1.82, 2.24) is 15.5 Å². The molecule has 0 aliphatic carbocycles. The van der Waals surface area contributed by atoms with Crippen molar-refractivity contribution in [1.29, 1.82) is 0 Å². The highest BCUT2D eigenvalue weighted by molar-refractivity contribution is 5.76. The van der Waals surface area contributed by atoms with E-state index < -0.39 is 11.7 Å². The number of nitrogens with one attached hydrogen (secondary N) is 1. The van der Waals surface area contributed by atoms with Crippen LogP contribution in [-0.4, -0.2) is 42.4 Å². The van der Waals surface area contributed by atoms with E-state index in [2.05, 4.69) is 15.5 Å². The molecule has 0 unspecified atom stereocenters. The van der Waals surface area contributed by atoms with Crippen molar-refractivity contribution < 1.29 is 27.2 Å². The lowest BCUT2D eigenvalue weighted by atomic mass is 9.96. The second-order valence-corrected chi connectivity index (χ2v) is 8.48. The third-order valence-electron chi connectivity index (χ3n) is 4.96. The van der Waals surface area contributed by atoms with Gasteiger partial charge < -0.3 is 19.5 Å². The number of aryl methyl sites for hydroxylation is 1. The predicted molar refractivity (Wildman–Crippen MR) is 108 cm³/mol. The first kappa shape index (κ1) is 23.1. The maximum absolute atomic E-state index is 13.6. The molecule has 0 radical (unpaired) electrons. The van der Waals surface area contributed by atoms with Crippen LogP contribution in [0.3, 0.4) is 0 Å². The van der Waals surface area contributed by atoms with Crippen molar-refractivity contribution in [2.75, 3.05) is 31.2 Å². The van der Waals surface area contributed by atoms with Gasteiger partial charge in [-0.2, -0.15) is 18.2 Å². The average Bonchev–Trinajstić information content (AvgIpc) is 3.20. The van der Waals surface area contributed by atoms with Crippen LogP contribution in [0, 0.1) is 0 Å². The Bertz CT molecular complexity index is 900. The first-order valence-corrected chi connectivity index (χ1v) is 10.2. The Morgan fingerprint density at radius 3 is 2.52 bits per heavy atom. The summed E-state index contributed by atoms with van der Waals surface area (Å²) in [5.74, 6) is 0.477. The number of hydrogen-bond donors (Lipinski definition) is 1. The number of morpholine rings is 1. The van der Waals surface area contributed by atoms with Gasteiger partial charge in [-0.25, -0.2) is 0 Å². The summed E-state index contributed by atoms with van der Waals surface area (Å²) in [5, 5.41) is 6.45. The zero-order valence-corrected chi connectivity index (χ0v) is 17.9. The second kappa shape index (κ2) is 9.25. The minimum Gasteiger partial charge on any atom is -0.378 e. The van der Waals surface area contributed by atoms with Gasteiger partial charge in [0.15, 0.2) is 5.82 Å². The van der Waals surface area contributed by atoms with E-state index in [-0.39, 0.29) is 36.3 Å². The summed E-state index contributed by atoms with van der Waals surface area (Å²) < 4.78 is 51.2. The highest BCUT2D eigenvalue weighted by atomic mass is 19.4. The Labute approximate surface area is 178 Å². The third-order valence-corrected chi connectivity index (χ3v) is 4.96. The number of anilines is 1. The minimum atomic E-state index is -4.52. The molecule has 1 aromatic carbocycles. The molecular weight excluding hydrogens is 413 g/mol. The highest BCUT2D eigenvalue weighted by Crippen LogP contribution is 2.35. The molecule has 1 fully saturated rings. The maximum atomic E-state index is 13.6. The van der Waals surface area contributed by atoms with Crippen LogP contribution in [0.15, 0.2) is 22.7 Å². The van der Waals surface area contributed by atoms with Gasteiger partial charge in [-0.1, -0.05) is 32.0 Å². The first-order valence-electron chi connectivity index (χ1n) is 10.2. The number of ether oxygens (including phenoxy) is 1. The van der Waals surface area contributed by atoms with Crippen LogP contribution in [0.5, 0.6) is 0 Å². The number of nitrogens with zero attached hydrogens (tertiary/aromatic N) is 3. The van der Waals surface area contributed by atoms with Crippen LogP contribution >= 0.6 is 0 Å². The number of benzene rings is 1. The standard InChI is InChI=1S/C21H27F3N4O3/c1-20(2,3)19-26-18(31-27-19)7-6-17(29)25-13-14-4-5-15(12-16(14)21(22,23)24)28-8-10-30-11-9-28/h4-5,12H,6-11,13H2,1-3H3,(H,25,29). The maximum Gasteiger partial charge on any atom is 0.416 e. The van der Waals surface area contributed by atoms with Gasteiger partial charge in [0, 0.05) is 43.6 Å². The highest BCUT2D eigenvalue weighted by Gasteiger charge is 2.34. The van der Waals surface area contributed by atoms with Crippen LogP contribution in [0.4, 0.5) is 18.9 Å². The number of alkyl halides is 3. The molecule has 0 spiro atoms. The molecule has 7 nitrogen and oxygen atoms in total. The van der Waals surface area contributed by atoms with E-state index in [1.807, 2.05) is 25.7 Å². The normalized spacial score (nSPS) is 15.2. The molecule has 3 rings (SSSR count). The van der Waals surface area contributed by atoms with Gasteiger partial charge in [0.2, 0.25) is 11.8 Å². The Morgan fingerprint density at radius 2 is 1.90 bits per heavy atom. The van der Waals surface area contributed by atoms with Crippen molar-refractivity contribution >= 4 is 11.6 Å². The molecule has 31 heavy (non-hydrogen) atoms. The van der Waals surface area contributed by atoms with Gasteiger partial charge in [-0.3, -0.25) is 4.79 Å². The molecule has 2 heterocycles. The van der Waals surface area contributed by atoms with E-state index in [0.29, 0.717) is 43.7 Å². The molecule has 0 bridgehead atoms. The fraction of sp³-hybridized carbons (Fsp3) is 0.571. The van der Waals surface area contributed by atoms with Crippen molar-refractivity contribution in [3.8, 4) is 0 Å². The summed E-state index contributed by atoms with van der Waals surface area (Å²) in [6.07, 6.45) is -4.26. The van der Waals surface area contributed by atoms with Crippen molar-refractivity contribution in [3.63, 3.8) is 0 Å². The number of hydrogen-bond acceptors (Lipinski definition) is 6. The number of aromatic nitrogens is 2. The number of amides is 1. The summed E-state index contributed by atoms with van der Waals surface area (Å²) in [6, 6.07) is 4.20. The van der Waals surface area contributed by atoms with E-state index in [0.717, 1.165) is 6.07 Å². The molecule has 0 atom stereocenters. The van der Waals surface area contributed by atoms with Gasteiger partial charge >= 0.3 is 6.18 Å². The quantitative estimate of drug-likeness (QED) is 0.741. The molecule has 10 heteroatoms. The average molecular weight is 440 g/mol. The molecule has 1 aliphatic rings. The molecule has 1 aromatic heterocycles. The van der Waals surface area contributed by atoms with Gasteiger partial charge in [-0.15, -0.1) is 0 Å². The number of halogens is 3. The fourth-order valence-corrected chi connectivity index (χ4v) is 3.16. The lowest BCUT2D eigenvalue weighted by Gasteiger charge is -2.29. The predicted octanol–water partition coefficient (Wildman–Crippen LogP) is 3.47. The van der Waals surface area contributed by atoms with Crippen LogP contribution in [0.2, 0.25) is 0 Å². The summed E-state index contributed by atoms with van der Waals surface area (Å²) in [5.41, 5.74) is -0.503. The van der Waals surface area contributed by atoms with E-state index in [4.69, 9.17) is 9.26 Å². The Morgan fingerprint density at radius 1 is 1.19 bits per heavy atom. The van der Waals surface area contributed by atoms with E-state index in [1.54, 1.807) is 6.07 Å². The van der Waals surface area contributed by atoms with E-state index in [1.165, 1.54) is 6.07 Å². The zero-order valence-electron chi connectivity index (χ0n) is 17.9. The molecule has 1 N–H and O–H groups in total. The smallest absolute Gasteiger partial charge is 0.378 e. The first-order chi connectivity index (χ1) is 14.5. The topological polar surface area (TPSA) is 80.5 Å². The van der Waals surface area contributed by atoms with Crippen LogP contribution in [-0.2, 0) is 34.1 Å². The monoisotopic (exact) mass is 440 g/mol. The Hall–Kier alpha value is -2.62. The summed E-state index contributed by atoms with van der Waals surface area (Å²) >= 11 is 0. The second-order valence-electron chi connectivity index (χ2n) is 8.48. The van der Waals surface area contributed by atoms with Crippen LogP contribution in [0.25, 0.3) is 0 Å². The van der Waals surface area contributed by atoms with Crippen molar-refractivity contribution in [2.45, 2.75) is 51.7 Å². The zero-order chi connectivity index (χ0) is 22.6.